The maximum atomic E-state index is 3.61. The summed E-state index contributed by atoms with van der Waals surface area (Å²) in [4.78, 5) is 0. The van der Waals surface area contributed by atoms with Gasteiger partial charge in [0.2, 0.25) is 0 Å². The quantitative estimate of drug-likeness (QED) is 0.572. The number of hydrogen-bond donors (Lipinski definition) is 0. The first-order chi connectivity index (χ1) is 3.41. The van der Waals surface area contributed by atoms with Crippen LogP contribution in [0.25, 0.3) is 0 Å². The van der Waals surface area contributed by atoms with Crippen LogP contribution in [-0.4, -0.2) is 8.65 Å². The van der Waals surface area contributed by atoms with E-state index in [9.17, 15) is 0 Å². The second kappa shape index (κ2) is 1.72. The van der Waals surface area contributed by atoms with Crippen molar-refractivity contribution in [3.05, 3.63) is 0 Å². The molecule has 0 aliphatic heterocycles. The Hall–Kier alpha value is 0.960. The Morgan fingerprint density at radius 3 is 1.25 bits per heavy atom. The van der Waals surface area contributed by atoms with Gasteiger partial charge in [-0.2, -0.15) is 0 Å². The Balaban J connectivity index is 2.42. The van der Waals surface area contributed by atoms with Gasteiger partial charge in [-0.15, -0.1) is 0 Å². The van der Waals surface area contributed by atoms with Crippen LogP contribution in [0.3, 0.4) is 0 Å². The smallest absolute Gasteiger partial charge is 0.0256 e. The molecule has 1 aliphatic rings. The Morgan fingerprint density at radius 1 is 1.00 bits per heavy atom. The summed E-state index contributed by atoms with van der Waals surface area (Å²) < 4.78 is 0.844. The van der Waals surface area contributed by atoms with Crippen LogP contribution >= 0.6 is 31.9 Å². The van der Waals surface area contributed by atoms with Crippen molar-refractivity contribution in [3.63, 3.8) is 0 Å². The molecule has 1 aliphatic carbocycles. The van der Waals surface area contributed by atoms with Crippen LogP contribution in [0.15, 0.2) is 0 Å². The van der Waals surface area contributed by atoms with Gasteiger partial charge in [0, 0.05) is 8.65 Å². The van der Waals surface area contributed by atoms with Crippen molar-refractivity contribution in [2.45, 2.75) is 35.3 Å². The second-order valence-corrected chi connectivity index (χ2v) is 7.01. The molecule has 0 saturated heterocycles. The van der Waals surface area contributed by atoms with Gasteiger partial charge in [0.25, 0.3) is 0 Å². The number of hydrogen-bond acceptors (Lipinski definition) is 0. The fourth-order valence-corrected chi connectivity index (χ4v) is 4.71. The van der Waals surface area contributed by atoms with Crippen molar-refractivity contribution in [1.29, 1.82) is 0 Å². The molecule has 1 fully saturated rings. The lowest BCUT2D eigenvalue weighted by Crippen LogP contribution is -2.44. The molecule has 0 atom stereocenters. The summed E-state index contributed by atoms with van der Waals surface area (Å²) >= 11 is 7.22. The van der Waals surface area contributed by atoms with Gasteiger partial charge < -0.3 is 0 Å². The Bertz CT molecular complexity index is 83.1. The Kier molecular flexibility index (Phi) is 1.52. The molecule has 0 nitrogen and oxygen atoms in total. The predicted octanol–water partition coefficient (Wildman–Crippen LogP) is 3.09. The van der Waals surface area contributed by atoms with E-state index in [2.05, 4.69) is 45.7 Å². The molecule has 0 N–H and O–H groups in total. The lowest BCUT2D eigenvalue weighted by Gasteiger charge is -2.45. The van der Waals surface area contributed by atoms with Gasteiger partial charge >= 0.3 is 0 Å². The number of halogens is 2. The van der Waals surface area contributed by atoms with Crippen LogP contribution in [0.1, 0.15) is 26.7 Å². The van der Waals surface area contributed by atoms with Crippen molar-refractivity contribution >= 4 is 31.9 Å². The molecule has 8 heavy (non-hydrogen) atoms. The molecule has 0 aromatic carbocycles. The first-order valence-corrected chi connectivity index (χ1v) is 4.38. The molecule has 1 saturated carbocycles. The predicted molar refractivity (Wildman–Crippen MR) is 43.9 cm³/mol. The molecule has 48 valence electrons. The molecule has 0 aromatic heterocycles. The van der Waals surface area contributed by atoms with Gasteiger partial charge in [0.1, 0.15) is 0 Å². The molecular formula is C6H10Br2. The third kappa shape index (κ3) is 1.47. The summed E-state index contributed by atoms with van der Waals surface area (Å²) in [5.41, 5.74) is 0. The van der Waals surface area contributed by atoms with Crippen LogP contribution in [-0.2, 0) is 0 Å². The molecule has 0 heterocycles. The standard InChI is InChI=1S/C6H10Br2/c1-5(7)3-6(2,8)4-5/h3-4H2,1-2H3. The molecule has 0 amide bonds. The molecule has 1 rings (SSSR count). The van der Waals surface area contributed by atoms with Crippen LogP contribution in [0.2, 0.25) is 0 Å². The van der Waals surface area contributed by atoms with E-state index in [-0.39, 0.29) is 0 Å². The highest BCUT2D eigenvalue weighted by Crippen LogP contribution is 2.51. The van der Waals surface area contributed by atoms with Gasteiger partial charge in [-0.25, -0.2) is 0 Å². The lowest BCUT2D eigenvalue weighted by molar-refractivity contribution is 0.324. The monoisotopic (exact) mass is 240 g/mol. The molecular weight excluding hydrogens is 232 g/mol. The van der Waals surface area contributed by atoms with E-state index in [1.165, 1.54) is 12.8 Å². The largest absolute Gasteiger partial charge is 0.0855 e. The van der Waals surface area contributed by atoms with E-state index in [4.69, 9.17) is 0 Å². The third-order valence-corrected chi connectivity index (χ3v) is 2.60. The summed E-state index contributed by atoms with van der Waals surface area (Å²) in [6.07, 6.45) is 2.47. The highest BCUT2D eigenvalue weighted by molar-refractivity contribution is 9.11. The van der Waals surface area contributed by atoms with E-state index in [0.717, 1.165) is 0 Å². The van der Waals surface area contributed by atoms with Gasteiger partial charge in [-0.3, -0.25) is 0 Å². The highest BCUT2D eigenvalue weighted by Gasteiger charge is 2.45. The zero-order valence-corrected chi connectivity index (χ0v) is 8.34. The zero-order chi connectivity index (χ0) is 6.41. The topological polar surface area (TPSA) is 0 Å². The summed E-state index contributed by atoms with van der Waals surface area (Å²) in [5, 5.41) is 0. The maximum Gasteiger partial charge on any atom is 0.0256 e. The maximum absolute atomic E-state index is 3.61. The van der Waals surface area contributed by atoms with Gasteiger partial charge in [0.05, 0.1) is 0 Å². The summed E-state index contributed by atoms with van der Waals surface area (Å²) in [6.45, 7) is 4.46. The fourth-order valence-electron chi connectivity index (χ4n) is 1.49. The fraction of sp³-hybridized carbons (Fsp3) is 1.00. The summed E-state index contributed by atoms with van der Waals surface area (Å²) in [5.74, 6) is 0. The van der Waals surface area contributed by atoms with Crippen LogP contribution in [0, 0.1) is 0 Å². The number of rotatable bonds is 0. The lowest BCUT2D eigenvalue weighted by atomic mass is 9.77. The molecule has 0 bridgehead atoms. The van der Waals surface area contributed by atoms with E-state index in [1.807, 2.05) is 0 Å². The highest BCUT2D eigenvalue weighted by atomic mass is 79.9. The second-order valence-electron chi connectivity index (χ2n) is 3.18. The average molecular weight is 242 g/mol. The first kappa shape index (κ1) is 7.07. The normalized spacial score (nSPS) is 55.5. The minimum atomic E-state index is 0.422. The van der Waals surface area contributed by atoms with Crippen molar-refractivity contribution in [2.75, 3.05) is 0 Å². The van der Waals surface area contributed by atoms with E-state index < -0.39 is 0 Å². The Morgan fingerprint density at radius 2 is 1.25 bits per heavy atom. The molecule has 0 aromatic rings. The summed E-state index contributed by atoms with van der Waals surface area (Å²) in [6, 6.07) is 0. The van der Waals surface area contributed by atoms with Gasteiger partial charge in [-0.05, 0) is 26.7 Å². The SMILES string of the molecule is CC1(Br)CC(C)(Br)C1. The Labute approximate surface area is 67.3 Å². The molecule has 0 spiro atoms. The van der Waals surface area contributed by atoms with Crippen LogP contribution in [0.4, 0.5) is 0 Å². The van der Waals surface area contributed by atoms with Gasteiger partial charge in [-0.1, -0.05) is 31.9 Å². The minimum Gasteiger partial charge on any atom is -0.0855 e. The van der Waals surface area contributed by atoms with E-state index in [1.54, 1.807) is 0 Å². The van der Waals surface area contributed by atoms with Crippen molar-refractivity contribution < 1.29 is 0 Å². The van der Waals surface area contributed by atoms with Gasteiger partial charge in [0.15, 0.2) is 0 Å². The van der Waals surface area contributed by atoms with E-state index in [0.29, 0.717) is 8.65 Å². The average Bonchev–Trinajstić information content (AvgIpc) is 1.20. The van der Waals surface area contributed by atoms with E-state index >= 15 is 0 Å². The van der Waals surface area contributed by atoms with Crippen molar-refractivity contribution in [3.8, 4) is 0 Å². The van der Waals surface area contributed by atoms with Crippen LogP contribution in [0.5, 0.6) is 0 Å². The molecule has 0 radical (unpaired) electrons. The molecule has 0 unspecified atom stereocenters. The van der Waals surface area contributed by atoms with Crippen LogP contribution < -0.4 is 0 Å². The summed E-state index contributed by atoms with van der Waals surface area (Å²) in [7, 11) is 0. The molecule has 2 heteroatoms. The minimum absolute atomic E-state index is 0.422. The first-order valence-electron chi connectivity index (χ1n) is 2.79. The number of alkyl halides is 2. The zero-order valence-electron chi connectivity index (χ0n) is 5.17. The third-order valence-electron chi connectivity index (χ3n) is 1.47. The van der Waals surface area contributed by atoms with Crippen molar-refractivity contribution in [1.82, 2.24) is 0 Å². The van der Waals surface area contributed by atoms with Crippen molar-refractivity contribution in [2.24, 2.45) is 0 Å².